The summed E-state index contributed by atoms with van der Waals surface area (Å²) >= 11 is 3.66. The highest BCUT2D eigenvalue weighted by Crippen LogP contribution is 2.40. The van der Waals surface area contributed by atoms with Crippen LogP contribution in [-0.4, -0.2) is 56.7 Å². The van der Waals surface area contributed by atoms with Gasteiger partial charge in [0.2, 0.25) is 5.91 Å². The Morgan fingerprint density at radius 2 is 1.68 bits per heavy atom. The highest BCUT2D eigenvalue weighted by Gasteiger charge is 2.49. The average Bonchev–Trinajstić information content (AvgIpc) is 3.27. The fourth-order valence-electron chi connectivity index (χ4n) is 4.82. The van der Waals surface area contributed by atoms with E-state index < -0.39 is 34.9 Å². The predicted molar refractivity (Wildman–Crippen MR) is 171 cm³/mol. The van der Waals surface area contributed by atoms with E-state index in [0.29, 0.717) is 12.2 Å². The van der Waals surface area contributed by atoms with E-state index in [4.69, 9.17) is 0 Å². The molecular weight excluding hydrogens is 651 g/mol. The second kappa shape index (κ2) is 13.7. The van der Waals surface area contributed by atoms with Gasteiger partial charge in [-0.1, -0.05) is 54.6 Å². The molecule has 41 heavy (non-hydrogen) atoms. The van der Waals surface area contributed by atoms with E-state index in [-0.39, 0.29) is 18.2 Å². The Labute approximate surface area is 258 Å². The van der Waals surface area contributed by atoms with Gasteiger partial charge in [0.05, 0.1) is 11.9 Å². The van der Waals surface area contributed by atoms with Crippen molar-refractivity contribution >= 4 is 57.9 Å². The van der Waals surface area contributed by atoms with Crippen LogP contribution < -0.4 is 16.0 Å². The van der Waals surface area contributed by atoms with E-state index >= 15 is 0 Å². The molecule has 3 atom stereocenters. The van der Waals surface area contributed by atoms with Gasteiger partial charge in [0.25, 0.3) is 5.91 Å². The second-order valence-corrected chi connectivity index (χ2v) is 13.4. The lowest BCUT2D eigenvalue weighted by Crippen LogP contribution is -2.59. The number of hydrogen-bond acceptors (Lipinski definition) is 5. The molecule has 1 aliphatic heterocycles. The maximum atomic E-state index is 13.8. The smallest absolute Gasteiger partial charge is 0.319 e. The number of halogens is 1. The fraction of sp³-hybridized carbons (Fsp3) is 0.323. The first-order valence-corrected chi connectivity index (χ1v) is 15.4. The third-order valence-corrected chi connectivity index (χ3v) is 9.24. The highest BCUT2D eigenvalue weighted by atomic mass is 127. The Morgan fingerprint density at radius 1 is 1.02 bits per heavy atom. The molecule has 3 aromatic rings. The molecule has 0 aromatic heterocycles. The molecule has 8 nitrogen and oxygen atoms in total. The largest absolute Gasteiger partial charge is 0.381 e. The molecule has 4 N–H and O–H groups in total. The average molecular weight is 687 g/mol. The van der Waals surface area contributed by atoms with Gasteiger partial charge >= 0.3 is 6.03 Å². The van der Waals surface area contributed by atoms with Crippen molar-refractivity contribution in [1.29, 1.82) is 0 Å². The van der Waals surface area contributed by atoms with Crippen LogP contribution in [0.5, 0.6) is 0 Å². The van der Waals surface area contributed by atoms with E-state index in [9.17, 15) is 19.5 Å². The van der Waals surface area contributed by atoms with Gasteiger partial charge in [-0.2, -0.15) is 0 Å². The van der Waals surface area contributed by atoms with Crippen molar-refractivity contribution in [3.8, 4) is 0 Å². The number of aliphatic hydroxyl groups is 1. The Morgan fingerprint density at radius 3 is 2.37 bits per heavy atom. The lowest BCUT2D eigenvalue weighted by molar-refractivity contribution is -0.147. The molecule has 0 spiro atoms. The Kier molecular flexibility index (Phi) is 10.3. The van der Waals surface area contributed by atoms with Gasteiger partial charge in [-0.05, 0) is 90.7 Å². The van der Waals surface area contributed by atoms with Crippen molar-refractivity contribution in [3.05, 3.63) is 99.1 Å². The van der Waals surface area contributed by atoms with Gasteiger partial charge in [0.15, 0.2) is 6.10 Å². The lowest BCUT2D eigenvalue weighted by Gasteiger charge is -2.33. The van der Waals surface area contributed by atoms with Crippen molar-refractivity contribution in [2.75, 3.05) is 11.2 Å². The first-order valence-electron chi connectivity index (χ1n) is 13.4. The Hall–Kier alpha value is -3.09. The monoisotopic (exact) mass is 686 g/mol. The number of anilines is 1. The summed E-state index contributed by atoms with van der Waals surface area (Å²) in [5, 5.41) is 19.9. The number of aryl methyl sites for hydroxylation is 1. The number of carbonyl (C=O) groups excluding carboxylic acids is 3. The molecule has 216 valence electrons. The molecular formula is C31H35IN4O4S. The Bertz CT molecular complexity index is 1370. The number of urea groups is 1. The molecule has 10 heteroatoms. The van der Waals surface area contributed by atoms with Crippen LogP contribution in [0.1, 0.15) is 30.5 Å². The molecule has 3 aromatic carbocycles. The number of hydrogen-bond donors (Lipinski definition) is 4. The van der Waals surface area contributed by atoms with Crippen molar-refractivity contribution in [1.82, 2.24) is 15.5 Å². The summed E-state index contributed by atoms with van der Waals surface area (Å²) in [5.41, 5.74) is 3.50. The molecule has 0 bridgehead atoms. The van der Waals surface area contributed by atoms with Gasteiger partial charge in [0.1, 0.15) is 6.04 Å². The third kappa shape index (κ3) is 8.02. The van der Waals surface area contributed by atoms with Crippen LogP contribution in [0, 0.1) is 10.5 Å². The number of thioether (sulfide) groups is 1. The molecule has 4 rings (SSSR count). The number of amides is 4. The maximum absolute atomic E-state index is 13.8. The topological polar surface area (TPSA) is 111 Å². The number of nitrogens with zero attached hydrogens (tertiary/aromatic N) is 1. The minimum Gasteiger partial charge on any atom is -0.381 e. The third-order valence-electron chi connectivity index (χ3n) is 7.14. The predicted octanol–water partition coefficient (Wildman–Crippen LogP) is 4.69. The SMILES string of the molecule is Cc1ccccc1CNC(=O)C1N(C(=O)C(O)C(Cc2ccccc2)NC(=O)Nc2ccc(I)cc2)CSC1(C)C. The number of nitrogens with one attached hydrogen (secondary N) is 3. The van der Waals surface area contributed by atoms with Gasteiger partial charge in [-0.3, -0.25) is 9.59 Å². The lowest BCUT2D eigenvalue weighted by atomic mass is 9.97. The van der Waals surface area contributed by atoms with Gasteiger partial charge in [-0.15, -0.1) is 11.8 Å². The summed E-state index contributed by atoms with van der Waals surface area (Å²) in [7, 11) is 0. The first-order chi connectivity index (χ1) is 19.5. The summed E-state index contributed by atoms with van der Waals surface area (Å²) in [6, 6.07) is 22.2. The van der Waals surface area contributed by atoms with Crippen LogP contribution in [0.15, 0.2) is 78.9 Å². The van der Waals surface area contributed by atoms with E-state index in [1.807, 2.05) is 87.5 Å². The molecule has 1 heterocycles. The van der Waals surface area contributed by atoms with Crippen LogP contribution in [-0.2, 0) is 22.6 Å². The molecule has 1 fully saturated rings. The second-order valence-electron chi connectivity index (χ2n) is 10.6. The van der Waals surface area contributed by atoms with Crippen LogP contribution in [0.2, 0.25) is 0 Å². The van der Waals surface area contributed by atoms with Crippen molar-refractivity contribution < 1.29 is 19.5 Å². The van der Waals surface area contributed by atoms with Crippen LogP contribution in [0.4, 0.5) is 10.5 Å². The van der Waals surface area contributed by atoms with Crippen LogP contribution in [0.25, 0.3) is 0 Å². The van der Waals surface area contributed by atoms with Crippen molar-refractivity contribution in [2.24, 2.45) is 0 Å². The molecule has 0 aliphatic carbocycles. The van der Waals surface area contributed by atoms with Gasteiger partial charge < -0.3 is 26.0 Å². The Balaban J connectivity index is 1.50. The molecule has 1 saturated heterocycles. The van der Waals surface area contributed by atoms with E-state index in [1.54, 1.807) is 12.1 Å². The maximum Gasteiger partial charge on any atom is 0.319 e. The number of rotatable bonds is 9. The van der Waals surface area contributed by atoms with Crippen molar-refractivity contribution in [3.63, 3.8) is 0 Å². The van der Waals surface area contributed by atoms with E-state index in [0.717, 1.165) is 20.3 Å². The molecule has 0 saturated carbocycles. The summed E-state index contributed by atoms with van der Waals surface area (Å²) in [4.78, 5) is 41.6. The number of carbonyl (C=O) groups is 3. The van der Waals surface area contributed by atoms with E-state index in [1.165, 1.54) is 16.7 Å². The summed E-state index contributed by atoms with van der Waals surface area (Å²) < 4.78 is 0.455. The summed E-state index contributed by atoms with van der Waals surface area (Å²) in [6.45, 7) is 6.16. The number of benzene rings is 3. The first kappa shape index (κ1) is 30.9. The van der Waals surface area contributed by atoms with Crippen LogP contribution in [0.3, 0.4) is 0 Å². The minimum atomic E-state index is -1.57. The van der Waals surface area contributed by atoms with E-state index in [2.05, 4.69) is 38.5 Å². The standard InChI is InChI=1S/C31H35IN4O4S/c1-20-9-7-8-12-22(20)18-33-28(38)27-31(2,3)41-19-36(27)29(39)26(37)25(17-21-10-5-4-6-11-21)35-30(40)34-24-15-13-23(32)14-16-24/h4-16,25-27,37H,17-19H2,1-3H3,(H,33,38)(H2,34,35,40). The molecule has 0 radical (unpaired) electrons. The highest BCUT2D eigenvalue weighted by molar-refractivity contribution is 14.1. The zero-order chi connectivity index (χ0) is 29.6. The van der Waals surface area contributed by atoms with Gasteiger partial charge in [0, 0.05) is 20.5 Å². The summed E-state index contributed by atoms with van der Waals surface area (Å²) in [6.07, 6.45) is -1.35. The molecule has 4 amide bonds. The zero-order valence-electron chi connectivity index (χ0n) is 23.3. The fourth-order valence-corrected chi connectivity index (χ4v) is 6.32. The zero-order valence-corrected chi connectivity index (χ0v) is 26.2. The molecule has 1 aliphatic rings. The minimum absolute atomic E-state index is 0.225. The normalized spacial score (nSPS) is 17.4. The summed E-state index contributed by atoms with van der Waals surface area (Å²) in [5.74, 6) is -0.638. The van der Waals surface area contributed by atoms with Crippen molar-refractivity contribution in [2.45, 2.75) is 56.7 Å². The number of aliphatic hydroxyl groups excluding tert-OH is 1. The van der Waals surface area contributed by atoms with Gasteiger partial charge in [-0.25, -0.2) is 4.79 Å². The molecule has 3 unspecified atom stereocenters. The van der Waals surface area contributed by atoms with Crippen LogP contribution >= 0.6 is 34.4 Å². The quantitative estimate of drug-likeness (QED) is 0.245.